The van der Waals surface area contributed by atoms with Crippen LogP contribution >= 0.6 is 15.9 Å². The first-order chi connectivity index (χ1) is 6.74. The summed E-state index contributed by atoms with van der Waals surface area (Å²) in [6.07, 6.45) is 3.67. The normalized spacial score (nSPS) is 21.4. The first kappa shape index (κ1) is 9.99. The SMILES string of the molecule is Nc1cc(Br)cc(CC2CCCN2)c1. The van der Waals surface area contributed by atoms with Crippen molar-refractivity contribution in [3.63, 3.8) is 0 Å². The van der Waals surface area contributed by atoms with E-state index >= 15 is 0 Å². The second-order valence-corrected chi connectivity index (χ2v) is 4.81. The Morgan fingerprint density at radius 3 is 2.93 bits per heavy atom. The molecular weight excluding hydrogens is 240 g/mol. The molecule has 0 amide bonds. The lowest BCUT2D eigenvalue weighted by atomic mass is 10.0. The van der Waals surface area contributed by atoms with E-state index in [-0.39, 0.29) is 0 Å². The van der Waals surface area contributed by atoms with Gasteiger partial charge in [-0.15, -0.1) is 0 Å². The lowest BCUT2D eigenvalue weighted by molar-refractivity contribution is 0.603. The molecule has 3 heteroatoms. The van der Waals surface area contributed by atoms with Crippen molar-refractivity contribution in [1.82, 2.24) is 5.32 Å². The Labute approximate surface area is 93.0 Å². The summed E-state index contributed by atoms with van der Waals surface area (Å²) in [4.78, 5) is 0. The smallest absolute Gasteiger partial charge is 0.0328 e. The molecule has 3 N–H and O–H groups in total. The topological polar surface area (TPSA) is 38.0 Å². The van der Waals surface area contributed by atoms with Gasteiger partial charge in [0.2, 0.25) is 0 Å². The molecule has 0 bridgehead atoms. The number of rotatable bonds is 2. The number of nitrogens with two attached hydrogens (primary N) is 1. The van der Waals surface area contributed by atoms with Crippen molar-refractivity contribution in [2.24, 2.45) is 0 Å². The molecular formula is C11H15BrN2. The zero-order chi connectivity index (χ0) is 9.97. The number of hydrogen-bond acceptors (Lipinski definition) is 2. The van der Waals surface area contributed by atoms with Gasteiger partial charge in [-0.1, -0.05) is 15.9 Å². The molecule has 1 aliphatic heterocycles. The largest absolute Gasteiger partial charge is 0.399 e. The van der Waals surface area contributed by atoms with Gasteiger partial charge < -0.3 is 11.1 Å². The quantitative estimate of drug-likeness (QED) is 0.796. The second-order valence-electron chi connectivity index (χ2n) is 3.89. The fourth-order valence-corrected chi connectivity index (χ4v) is 2.57. The molecule has 1 atom stereocenters. The van der Waals surface area contributed by atoms with Crippen molar-refractivity contribution in [2.45, 2.75) is 25.3 Å². The van der Waals surface area contributed by atoms with Crippen LogP contribution in [0.1, 0.15) is 18.4 Å². The Hall–Kier alpha value is -0.540. The third-order valence-electron chi connectivity index (χ3n) is 2.62. The lowest BCUT2D eigenvalue weighted by Gasteiger charge is -2.10. The lowest BCUT2D eigenvalue weighted by Crippen LogP contribution is -2.23. The van der Waals surface area contributed by atoms with Gasteiger partial charge in [0.15, 0.2) is 0 Å². The fraction of sp³-hybridized carbons (Fsp3) is 0.455. The highest BCUT2D eigenvalue weighted by atomic mass is 79.9. The molecule has 0 aliphatic carbocycles. The van der Waals surface area contributed by atoms with Crippen molar-refractivity contribution in [2.75, 3.05) is 12.3 Å². The minimum absolute atomic E-state index is 0.642. The molecule has 1 aromatic carbocycles. The Bertz CT molecular complexity index is 299. The van der Waals surface area contributed by atoms with Crippen LogP contribution in [0.3, 0.4) is 0 Å². The summed E-state index contributed by atoms with van der Waals surface area (Å²) in [6, 6.07) is 6.79. The number of anilines is 1. The van der Waals surface area contributed by atoms with E-state index in [0.29, 0.717) is 6.04 Å². The number of hydrogen-bond donors (Lipinski definition) is 2. The van der Waals surface area contributed by atoms with Crippen molar-refractivity contribution in [1.29, 1.82) is 0 Å². The highest BCUT2D eigenvalue weighted by Gasteiger charge is 2.14. The Morgan fingerprint density at radius 2 is 2.29 bits per heavy atom. The van der Waals surface area contributed by atoms with Gasteiger partial charge in [-0.25, -0.2) is 0 Å². The predicted molar refractivity (Wildman–Crippen MR) is 63.3 cm³/mol. The average molecular weight is 255 g/mol. The van der Waals surface area contributed by atoms with Gasteiger partial charge in [0.05, 0.1) is 0 Å². The fourth-order valence-electron chi connectivity index (χ4n) is 2.01. The zero-order valence-corrected chi connectivity index (χ0v) is 9.68. The van der Waals surface area contributed by atoms with E-state index in [9.17, 15) is 0 Å². The van der Waals surface area contributed by atoms with E-state index in [4.69, 9.17) is 5.73 Å². The highest BCUT2D eigenvalue weighted by molar-refractivity contribution is 9.10. The van der Waals surface area contributed by atoms with E-state index in [1.807, 2.05) is 6.07 Å². The highest BCUT2D eigenvalue weighted by Crippen LogP contribution is 2.20. The zero-order valence-electron chi connectivity index (χ0n) is 8.09. The molecule has 0 radical (unpaired) electrons. The van der Waals surface area contributed by atoms with Crippen LogP contribution in [0.5, 0.6) is 0 Å². The molecule has 1 aromatic rings. The Balaban J connectivity index is 2.07. The summed E-state index contributed by atoms with van der Waals surface area (Å²) in [5, 5.41) is 3.49. The molecule has 0 saturated carbocycles. The van der Waals surface area contributed by atoms with Crippen LogP contribution in [0, 0.1) is 0 Å². The van der Waals surface area contributed by atoms with Crippen LogP contribution in [-0.2, 0) is 6.42 Å². The summed E-state index contributed by atoms with van der Waals surface area (Å²) in [6.45, 7) is 1.16. The van der Waals surface area contributed by atoms with Crippen LogP contribution < -0.4 is 11.1 Å². The standard InChI is InChI=1S/C11H15BrN2/c12-9-4-8(5-10(13)7-9)6-11-2-1-3-14-11/h4-5,7,11,14H,1-3,6,13H2. The van der Waals surface area contributed by atoms with Crippen LogP contribution in [0.4, 0.5) is 5.69 Å². The maximum Gasteiger partial charge on any atom is 0.0328 e. The van der Waals surface area contributed by atoms with E-state index in [1.54, 1.807) is 0 Å². The van der Waals surface area contributed by atoms with Gasteiger partial charge in [0, 0.05) is 16.2 Å². The maximum atomic E-state index is 5.78. The summed E-state index contributed by atoms with van der Waals surface area (Å²) in [5.74, 6) is 0. The Kier molecular flexibility index (Phi) is 3.08. The van der Waals surface area contributed by atoms with Crippen LogP contribution in [-0.4, -0.2) is 12.6 Å². The third kappa shape index (κ3) is 2.49. The molecule has 0 aromatic heterocycles. The number of nitrogens with one attached hydrogen (secondary N) is 1. The van der Waals surface area contributed by atoms with Crippen molar-refractivity contribution in [3.05, 3.63) is 28.2 Å². The van der Waals surface area contributed by atoms with Crippen molar-refractivity contribution >= 4 is 21.6 Å². The molecule has 1 aliphatic rings. The minimum Gasteiger partial charge on any atom is -0.399 e. The van der Waals surface area contributed by atoms with Crippen molar-refractivity contribution < 1.29 is 0 Å². The van der Waals surface area contributed by atoms with E-state index in [0.717, 1.165) is 23.1 Å². The van der Waals surface area contributed by atoms with E-state index < -0.39 is 0 Å². The van der Waals surface area contributed by atoms with Gasteiger partial charge >= 0.3 is 0 Å². The molecule has 1 unspecified atom stereocenters. The molecule has 2 nitrogen and oxygen atoms in total. The summed E-state index contributed by atoms with van der Waals surface area (Å²) < 4.78 is 1.07. The van der Waals surface area contributed by atoms with Crippen molar-refractivity contribution in [3.8, 4) is 0 Å². The molecule has 14 heavy (non-hydrogen) atoms. The monoisotopic (exact) mass is 254 g/mol. The number of halogens is 1. The first-order valence-corrected chi connectivity index (χ1v) is 5.81. The minimum atomic E-state index is 0.642. The molecule has 1 heterocycles. The van der Waals surface area contributed by atoms with Gasteiger partial charge in [-0.3, -0.25) is 0 Å². The van der Waals surface area contributed by atoms with E-state index in [2.05, 4.69) is 33.4 Å². The number of nitrogen functional groups attached to an aromatic ring is 1. The van der Waals surface area contributed by atoms with Gasteiger partial charge in [-0.2, -0.15) is 0 Å². The molecule has 0 spiro atoms. The molecule has 1 fully saturated rings. The summed E-state index contributed by atoms with van der Waals surface area (Å²) in [5.41, 5.74) is 7.94. The molecule has 76 valence electrons. The maximum absolute atomic E-state index is 5.78. The van der Waals surface area contributed by atoms with Crippen LogP contribution in [0.2, 0.25) is 0 Å². The second kappa shape index (κ2) is 4.32. The van der Waals surface area contributed by atoms with Gasteiger partial charge in [0.1, 0.15) is 0 Å². The van der Waals surface area contributed by atoms with Crippen LogP contribution in [0.15, 0.2) is 22.7 Å². The van der Waals surface area contributed by atoms with Gasteiger partial charge in [0.25, 0.3) is 0 Å². The summed E-state index contributed by atoms with van der Waals surface area (Å²) in [7, 11) is 0. The first-order valence-electron chi connectivity index (χ1n) is 5.02. The summed E-state index contributed by atoms with van der Waals surface area (Å²) >= 11 is 3.46. The predicted octanol–water partition coefficient (Wildman–Crippen LogP) is 2.33. The van der Waals surface area contributed by atoms with Crippen LogP contribution in [0.25, 0.3) is 0 Å². The Morgan fingerprint density at radius 1 is 1.43 bits per heavy atom. The third-order valence-corrected chi connectivity index (χ3v) is 3.08. The number of benzene rings is 1. The average Bonchev–Trinajstić information content (AvgIpc) is 2.54. The molecule has 2 rings (SSSR count). The molecule has 1 saturated heterocycles. The van der Waals surface area contributed by atoms with Gasteiger partial charge in [-0.05, 0) is 49.6 Å². The van der Waals surface area contributed by atoms with E-state index in [1.165, 1.54) is 18.4 Å².